The molecule has 2 aliphatic rings. The molecule has 0 amide bonds. The highest BCUT2D eigenvalue weighted by atomic mass is 32.2. The molecule has 0 aromatic rings. The lowest BCUT2D eigenvalue weighted by molar-refractivity contribution is 0.108. The first kappa shape index (κ1) is 15.2. The van der Waals surface area contributed by atoms with Crippen LogP contribution in [0.3, 0.4) is 0 Å². The number of piperazine rings is 1. The molecular weight excluding hydrogens is 262 g/mol. The number of hydrogen-bond acceptors (Lipinski definition) is 4. The Kier molecular flexibility index (Phi) is 5.22. The van der Waals surface area contributed by atoms with Gasteiger partial charge in [0, 0.05) is 38.3 Å². The van der Waals surface area contributed by atoms with E-state index in [2.05, 4.69) is 17.3 Å². The average Bonchev–Trinajstić information content (AvgIpc) is 2.62. The number of nitrogens with one attached hydrogen (secondary N) is 1. The van der Waals surface area contributed by atoms with E-state index in [1.54, 1.807) is 4.31 Å². The molecule has 112 valence electrons. The zero-order valence-corrected chi connectivity index (χ0v) is 13.0. The van der Waals surface area contributed by atoms with Crippen molar-refractivity contribution in [2.45, 2.75) is 44.2 Å². The topological polar surface area (TPSA) is 52.6 Å². The van der Waals surface area contributed by atoms with Gasteiger partial charge in [-0.1, -0.05) is 19.3 Å². The zero-order chi connectivity index (χ0) is 13.9. The van der Waals surface area contributed by atoms with Gasteiger partial charge in [0.15, 0.2) is 0 Å². The first-order chi connectivity index (χ1) is 9.02. The van der Waals surface area contributed by atoms with Crippen LogP contribution in [0.2, 0.25) is 0 Å². The lowest BCUT2D eigenvalue weighted by Gasteiger charge is -2.41. The first-order valence-electron chi connectivity index (χ1n) is 7.39. The van der Waals surface area contributed by atoms with Crippen molar-refractivity contribution < 1.29 is 8.42 Å². The van der Waals surface area contributed by atoms with E-state index in [0.29, 0.717) is 25.2 Å². The Balaban J connectivity index is 1.95. The normalized spacial score (nSPS) is 32.1. The third-order valence-corrected chi connectivity index (χ3v) is 5.86. The summed E-state index contributed by atoms with van der Waals surface area (Å²) in [5.74, 6) is 0. The maximum atomic E-state index is 11.5. The minimum Gasteiger partial charge on any atom is -0.315 e. The van der Waals surface area contributed by atoms with Crippen LogP contribution >= 0.6 is 0 Å². The van der Waals surface area contributed by atoms with Gasteiger partial charge in [0.1, 0.15) is 0 Å². The quantitative estimate of drug-likeness (QED) is 0.768. The van der Waals surface area contributed by atoms with Crippen LogP contribution in [0.25, 0.3) is 0 Å². The number of rotatable bonds is 3. The van der Waals surface area contributed by atoms with Crippen LogP contribution in [-0.2, 0) is 10.0 Å². The summed E-state index contributed by atoms with van der Waals surface area (Å²) in [6.07, 6.45) is 7.74. The van der Waals surface area contributed by atoms with E-state index in [0.717, 1.165) is 13.1 Å². The average molecular weight is 289 g/mol. The van der Waals surface area contributed by atoms with Gasteiger partial charge in [0.2, 0.25) is 10.0 Å². The van der Waals surface area contributed by atoms with Crippen molar-refractivity contribution in [3.05, 3.63) is 0 Å². The fourth-order valence-electron chi connectivity index (χ4n) is 3.43. The molecule has 1 saturated heterocycles. The number of likely N-dealkylation sites (N-methyl/N-ethyl adjacent to an activating group) is 1. The van der Waals surface area contributed by atoms with E-state index in [1.807, 2.05) is 0 Å². The van der Waals surface area contributed by atoms with Crippen LogP contribution in [0, 0.1) is 0 Å². The molecule has 1 aliphatic heterocycles. The van der Waals surface area contributed by atoms with Gasteiger partial charge in [-0.3, -0.25) is 4.90 Å². The standard InChI is InChI=1S/C13H27N3O2S/c1-14-12-6-4-3-5-7-13(12)15-8-10-16(11-9-15)19(2,17)18/h12-14H,3-11H2,1-2H3. The fraction of sp³-hybridized carbons (Fsp3) is 1.00. The van der Waals surface area contributed by atoms with E-state index in [9.17, 15) is 8.42 Å². The van der Waals surface area contributed by atoms with E-state index in [-0.39, 0.29) is 0 Å². The Morgan fingerprint density at radius 2 is 1.63 bits per heavy atom. The highest BCUT2D eigenvalue weighted by molar-refractivity contribution is 7.88. The fourth-order valence-corrected chi connectivity index (χ4v) is 4.26. The van der Waals surface area contributed by atoms with E-state index in [1.165, 1.54) is 38.4 Å². The summed E-state index contributed by atoms with van der Waals surface area (Å²) >= 11 is 0. The maximum absolute atomic E-state index is 11.5. The molecule has 5 nitrogen and oxygen atoms in total. The molecule has 19 heavy (non-hydrogen) atoms. The molecule has 0 aromatic heterocycles. The molecule has 0 spiro atoms. The molecule has 6 heteroatoms. The SMILES string of the molecule is CNC1CCCCCC1N1CCN(S(C)(=O)=O)CC1. The van der Waals surface area contributed by atoms with Crippen molar-refractivity contribution in [1.29, 1.82) is 0 Å². The molecule has 1 aliphatic carbocycles. The Morgan fingerprint density at radius 3 is 2.21 bits per heavy atom. The third-order valence-electron chi connectivity index (χ3n) is 4.56. The van der Waals surface area contributed by atoms with E-state index >= 15 is 0 Å². The van der Waals surface area contributed by atoms with Crippen LogP contribution in [0.5, 0.6) is 0 Å². The van der Waals surface area contributed by atoms with Gasteiger partial charge < -0.3 is 5.32 Å². The van der Waals surface area contributed by atoms with Gasteiger partial charge in [-0.25, -0.2) is 8.42 Å². The minimum atomic E-state index is -3.02. The molecule has 0 bridgehead atoms. The first-order valence-corrected chi connectivity index (χ1v) is 9.23. The molecule has 2 atom stereocenters. The lowest BCUT2D eigenvalue weighted by Crippen LogP contribution is -2.56. The van der Waals surface area contributed by atoms with Crippen LogP contribution in [0.4, 0.5) is 0 Å². The number of hydrogen-bond donors (Lipinski definition) is 1. The van der Waals surface area contributed by atoms with E-state index in [4.69, 9.17) is 0 Å². The summed E-state index contributed by atoms with van der Waals surface area (Å²) in [4.78, 5) is 2.49. The van der Waals surface area contributed by atoms with Crippen molar-refractivity contribution in [2.75, 3.05) is 39.5 Å². The second-order valence-electron chi connectivity index (χ2n) is 5.80. The summed E-state index contributed by atoms with van der Waals surface area (Å²) in [7, 11) is -0.964. The van der Waals surface area contributed by atoms with E-state index < -0.39 is 10.0 Å². The summed E-state index contributed by atoms with van der Waals surface area (Å²) in [6.45, 7) is 3.03. The second-order valence-corrected chi connectivity index (χ2v) is 7.78. The number of sulfonamides is 1. The molecule has 1 N–H and O–H groups in total. The van der Waals surface area contributed by atoms with Gasteiger partial charge in [-0.2, -0.15) is 4.31 Å². The van der Waals surface area contributed by atoms with Crippen LogP contribution in [0.15, 0.2) is 0 Å². The third kappa shape index (κ3) is 3.90. The zero-order valence-electron chi connectivity index (χ0n) is 12.1. The highest BCUT2D eigenvalue weighted by Crippen LogP contribution is 2.23. The van der Waals surface area contributed by atoms with Crippen molar-refractivity contribution in [2.24, 2.45) is 0 Å². The maximum Gasteiger partial charge on any atom is 0.211 e. The van der Waals surface area contributed by atoms with Crippen molar-refractivity contribution in [1.82, 2.24) is 14.5 Å². The number of nitrogens with zero attached hydrogens (tertiary/aromatic N) is 2. The Bertz CT molecular complexity index is 377. The molecule has 0 radical (unpaired) electrons. The summed E-state index contributed by atoms with van der Waals surface area (Å²) in [5.41, 5.74) is 0. The second kappa shape index (κ2) is 6.52. The summed E-state index contributed by atoms with van der Waals surface area (Å²) < 4.78 is 24.7. The Morgan fingerprint density at radius 1 is 1.00 bits per heavy atom. The van der Waals surface area contributed by atoms with Gasteiger partial charge in [-0.05, 0) is 19.9 Å². The van der Waals surface area contributed by atoms with Crippen molar-refractivity contribution in [3.63, 3.8) is 0 Å². The molecule has 1 heterocycles. The predicted molar refractivity (Wildman–Crippen MR) is 77.7 cm³/mol. The molecule has 2 fully saturated rings. The predicted octanol–water partition coefficient (Wildman–Crippen LogP) is 0.484. The van der Waals surface area contributed by atoms with Crippen molar-refractivity contribution in [3.8, 4) is 0 Å². The largest absolute Gasteiger partial charge is 0.315 e. The van der Waals surface area contributed by atoms with Gasteiger partial charge in [-0.15, -0.1) is 0 Å². The van der Waals surface area contributed by atoms with Crippen LogP contribution in [0.1, 0.15) is 32.1 Å². The highest BCUT2D eigenvalue weighted by Gasteiger charge is 2.32. The molecule has 1 saturated carbocycles. The van der Waals surface area contributed by atoms with Gasteiger partial charge in [0.05, 0.1) is 6.26 Å². The Hall–Kier alpha value is -0.170. The molecule has 2 rings (SSSR count). The summed E-state index contributed by atoms with van der Waals surface area (Å²) in [6, 6.07) is 1.14. The lowest BCUT2D eigenvalue weighted by atomic mass is 10.0. The van der Waals surface area contributed by atoms with Crippen molar-refractivity contribution >= 4 is 10.0 Å². The molecule has 2 unspecified atom stereocenters. The monoisotopic (exact) mass is 289 g/mol. The molecular formula is C13H27N3O2S. The molecule has 0 aromatic carbocycles. The van der Waals surface area contributed by atoms with Gasteiger partial charge >= 0.3 is 0 Å². The minimum absolute atomic E-state index is 0.562. The summed E-state index contributed by atoms with van der Waals surface area (Å²) in [5, 5.41) is 3.46. The van der Waals surface area contributed by atoms with Gasteiger partial charge in [0.25, 0.3) is 0 Å². The van der Waals surface area contributed by atoms with Crippen LogP contribution in [-0.4, -0.2) is 69.2 Å². The van der Waals surface area contributed by atoms with Crippen LogP contribution < -0.4 is 5.32 Å². The smallest absolute Gasteiger partial charge is 0.211 e. The Labute approximate surface area is 117 Å².